The molecular formula is C29H47ClO. The van der Waals surface area contributed by atoms with Crippen LogP contribution in [0.1, 0.15) is 113 Å². The van der Waals surface area contributed by atoms with Crippen LogP contribution in [0, 0.1) is 34.0 Å². The molecule has 0 aromatic heterocycles. The lowest BCUT2D eigenvalue weighted by atomic mass is 9.46. The van der Waals surface area contributed by atoms with Gasteiger partial charge in [0.25, 0.3) is 0 Å². The predicted octanol–water partition coefficient (Wildman–Crippen LogP) is 8.45. The first-order valence-corrected chi connectivity index (χ1v) is 13.5. The van der Waals surface area contributed by atoms with E-state index in [1.165, 1.54) is 51.4 Å². The molecule has 1 nitrogen and oxygen atoms in total. The summed E-state index contributed by atoms with van der Waals surface area (Å²) in [5.74, 6) is 2.16. The van der Waals surface area contributed by atoms with Gasteiger partial charge in [0.05, 0.1) is 6.10 Å². The summed E-state index contributed by atoms with van der Waals surface area (Å²) in [6.07, 6.45) is 14.6. The predicted molar refractivity (Wildman–Crippen MR) is 133 cm³/mol. The zero-order valence-corrected chi connectivity index (χ0v) is 22.0. The minimum Gasteiger partial charge on any atom is -0.393 e. The number of alkyl halides is 1. The van der Waals surface area contributed by atoms with Gasteiger partial charge in [-0.05, 0) is 110 Å². The van der Waals surface area contributed by atoms with Crippen LogP contribution in [0.5, 0.6) is 0 Å². The summed E-state index contributed by atoms with van der Waals surface area (Å²) in [4.78, 5) is -0.0668. The van der Waals surface area contributed by atoms with Crippen molar-refractivity contribution < 1.29 is 5.11 Å². The molecule has 1 unspecified atom stereocenters. The lowest BCUT2D eigenvalue weighted by Crippen LogP contribution is -2.53. The third-order valence-corrected chi connectivity index (χ3v) is 10.7. The molecule has 1 N–H and O–H groups in total. The smallest absolute Gasteiger partial charge is 0.0594 e. The molecule has 0 heterocycles. The van der Waals surface area contributed by atoms with Crippen LogP contribution in [0.25, 0.3) is 0 Å². The Labute approximate surface area is 197 Å². The number of halogens is 1. The zero-order valence-electron chi connectivity index (χ0n) is 21.3. The van der Waals surface area contributed by atoms with Crippen molar-refractivity contribution in [2.24, 2.45) is 34.0 Å². The zero-order chi connectivity index (χ0) is 22.8. The Bertz CT molecular complexity index is 768. The molecule has 0 aliphatic heterocycles. The van der Waals surface area contributed by atoms with Crippen LogP contribution in [0.3, 0.4) is 0 Å². The van der Waals surface area contributed by atoms with E-state index >= 15 is 0 Å². The maximum absolute atomic E-state index is 10.8. The van der Waals surface area contributed by atoms with E-state index in [1.54, 1.807) is 16.7 Å². The van der Waals surface area contributed by atoms with Gasteiger partial charge in [0.2, 0.25) is 0 Å². The maximum atomic E-state index is 10.8. The van der Waals surface area contributed by atoms with Gasteiger partial charge in [-0.15, -0.1) is 11.6 Å². The van der Waals surface area contributed by atoms with E-state index in [9.17, 15) is 5.11 Å². The largest absolute Gasteiger partial charge is 0.393 e. The van der Waals surface area contributed by atoms with Gasteiger partial charge in [-0.1, -0.05) is 59.1 Å². The summed E-state index contributed by atoms with van der Waals surface area (Å²) in [6, 6.07) is 0. The quantitative estimate of drug-likeness (QED) is 0.420. The Balaban J connectivity index is 1.56. The maximum Gasteiger partial charge on any atom is 0.0594 e. The molecule has 0 radical (unpaired) electrons. The highest BCUT2D eigenvalue weighted by atomic mass is 35.5. The second-order valence-electron chi connectivity index (χ2n) is 13.3. The third-order valence-electron chi connectivity index (χ3n) is 10.5. The topological polar surface area (TPSA) is 20.2 Å². The summed E-state index contributed by atoms with van der Waals surface area (Å²) < 4.78 is 0. The number of hydrogen-bond acceptors (Lipinski definition) is 1. The number of fused-ring (bicyclic) bond motifs is 4. The SMILES string of the molecule is CC(CCCC(C)(C)Cl)[C@H]1CC=C2C3=C(CC[C@@]21C)[C@@]1(C)CC[C@H](O)C(C)(C)[C@@H]1CC3. The fraction of sp³-hybridized carbons (Fsp3) is 0.862. The van der Waals surface area contributed by atoms with E-state index in [4.69, 9.17) is 11.6 Å². The van der Waals surface area contributed by atoms with Crippen LogP contribution in [0.2, 0.25) is 0 Å². The Morgan fingerprint density at radius 2 is 1.81 bits per heavy atom. The van der Waals surface area contributed by atoms with Crippen molar-refractivity contribution in [3.8, 4) is 0 Å². The van der Waals surface area contributed by atoms with Gasteiger partial charge in [0.15, 0.2) is 0 Å². The Hall–Kier alpha value is -0.270. The minimum absolute atomic E-state index is 0.0313. The molecule has 0 aromatic rings. The summed E-state index contributed by atoms with van der Waals surface area (Å²) in [5, 5.41) is 10.8. The second-order valence-corrected chi connectivity index (χ2v) is 14.3. The molecule has 6 atom stereocenters. The van der Waals surface area contributed by atoms with Crippen LogP contribution in [-0.2, 0) is 0 Å². The molecule has 31 heavy (non-hydrogen) atoms. The molecule has 0 amide bonds. The Morgan fingerprint density at radius 3 is 2.48 bits per heavy atom. The van der Waals surface area contributed by atoms with Crippen molar-refractivity contribution in [1.29, 1.82) is 0 Å². The summed E-state index contributed by atoms with van der Waals surface area (Å²) >= 11 is 6.46. The average molecular weight is 447 g/mol. The fourth-order valence-corrected chi connectivity index (χ4v) is 8.76. The average Bonchev–Trinajstić information content (AvgIpc) is 3.01. The molecule has 0 spiro atoms. The van der Waals surface area contributed by atoms with Gasteiger partial charge in [-0.25, -0.2) is 0 Å². The lowest BCUT2D eigenvalue weighted by molar-refractivity contribution is -0.0905. The first kappa shape index (κ1) is 23.9. The van der Waals surface area contributed by atoms with Crippen molar-refractivity contribution in [3.05, 3.63) is 22.8 Å². The van der Waals surface area contributed by atoms with Gasteiger partial charge >= 0.3 is 0 Å². The first-order valence-electron chi connectivity index (χ1n) is 13.1. The normalized spacial score (nSPS) is 40.7. The second kappa shape index (κ2) is 7.90. The van der Waals surface area contributed by atoms with Gasteiger partial charge < -0.3 is 5.11 Å². The monoisotopic (exact) mass is 446 g/mol. The number of aliphatic hydroxyl groups is 1. The number of rotatable bonds is 5. The van der Waals surface area contributed by atoms with Crippen molar-refractivity contribution in [2.75, 3.05) is 0 Å². The molecule has 176 valence electrons. The lowest BCUT2D eigenvalue weighted by Gasteiger charge is -2.59. The van der Waals surface area contributed by atoms with E-state index in [2.05, 4.69) is 54.5 Å². The van der Waals surface area contributed by atoms with Gasteiger partial charge in [0, 0.05) is 4.87 Å². The fourth-order valence-electron chi connectivity index (χ4n) is 8.62. The minimum atomic E-state index is -0.143. The molecule has 2 heteroatoms. The highest BCUT2D eigenvalue weighted by Gasteiger charge is 2.57. The van der Waals surface area contributed by atoms with Crippen LogP contribution < -0.4 is 0 Å². The first-order chi connectivity index (χ1) is 14.3. The van der Waals surface area contributed by atoms with E-state index in [-0.39, 0.29) is 21.8 Å². The van der Waals surface area contributed by atoms with Crippen molar-refractivity contribution in [3.63, 3.8) is 0 Å². The standard InChI is InChI=1S/C29H47ClO/c1-19(9-8-16-26(2,3)30)21-11-12-22-20-10-13-24-27(4,5)25(31)15-18-29(24,7)23(20)14-17-28(21,22)6/h12,19,21,24-25,31H,8-11,13-18H2,1-7H3/t19?,21-,24+,25+,28-,29-/m1/s1. The highest BCUT2D eigenvalue weighted by molar-refractivity contribution is 6.23. The summed E-state index contributed by atoms with van der Waals surface area (Å²) in [7, 11) is 0. The molecule has 0 saturated heterocycles. The molecule has 0 bridgehead atoms. The number of aliphatic hydroxyl groups excluding tert-OH is 1. The molecule has 1 saturated carbocycles. The summed E-state index contributed by atoms with van der Waals surface area (Å²) in [6.45, 7) is 16.6. The third kappa shape index (κ3) is 3.88. The summed E-state index contributed by atoms with van der Waals surface area (Å²) in [5.41, 5.74) is 5.94. The Kier molecular flexibility index (Phi) is 6.08. The van der Waals surface area contributed by atoms with Gasteiger partial charge in [-0.2, -0.15) is 0 Å². The van der Waals surface area contributed by atoms with Crippen molar-refractivity contribution >= 4 is 11.6 Å². The number of allylic oxidation sites excluding steroid dienone is 4. The molecule has 4 aliphatic carbocycles. The van der Waals surface area contributed by atoms with Crippen LogP contribution in [0.4, 0.5) is 0 Å². The van der Waals surface area contributed by atoms with Crippen molar-refractivity contribution in [2.45, 2.75) is 124 Å². The Morgan fingerprint density at radius 1 is 1.10 bits per heavy atom. The van der Waals surface area contributed by atoms with Crippen LogP contribution in [0.15, 0.2) is 22.8 Å². The number of hydrogen-bond donors (Lipinski definition) is 1. The van der Waals surface area contributed by atoms with E-state index in [0.29, 0.717) is 11.3 Å². The van der Waals surface area contributed by atoms with Crippen molar-refractivity contribution in [1.82, 2.24) is 0 Å². The van der Waals surface area contributed by atoms with E-state index < -0.39 is 0 Å². The van der Waals surface area contributed by atoms with E-state index in [1.807, 2.05) is 0 Å². The molecule has 1 fully saturated rings. The van der Waals surface area contributed by atoms with Gasteiger partial charge in [0.1, 0.15) is 0 Å². The van der Waals surface area contributed by atoms with E-state index in [0.717, 1.165) is 24.7 Å². The molecule has 0 aromatic carbocycles. The highest BCUT2D eigenvalue weighted by Crippen LogP contribution is 2.66. The van der Waals surface area contributed by atoms with Crippen LogP contribution >= 0.6 is 11.6 Å². The van der Waals surface area contributed by atoms with Gasteiger partial charge in [-0.3, -0.25) is 0 Å². The molecule has 4 rings (SSSR count). The molecule has 4 aliphatic rings. The van der Waals surface area contributed by atoms with Crippen LogP contribution in [-0.4, -0.2) is 16.1 Å². The molecular weight excluding hydrogens is 400 g/mol.